The van der Waals surface area contributed by atoms with Crippen molar-refractivity contribution in [2.75, 3.05) is 32.1 Å². The monoisotopic (exact) mass is 344 g/mol. The van der Waals surface area contributed by atoms with E-state index in [9.17, 15) is 4.79 Å². The molecule has 0 N–H and O–H groups in total. The van der Waals surface area contributed by atoms with Crippen LogP contribution in [-0.4, -0.2) is 48.0 Å². The fraction of sp³-hybridized carbons (Fsp3) is 0.500. The molecule has 3 rings (SSSR count). The molecule has 5 nitrogen and oxygen atoms in total. The minimum Gasteiger partial charge on any atom is -0.363 e. The number of hydrogen-bond acceptors (Lipinski definition) is 5. The number of aromatic nitrogens is 2. The van der Waals surface area contributed by atoms with Gasteiger partial charge in [-0.2, -0.15) is 0 Å². The molecule has 1 saturated heterocycles. The molecule has 0 radical (unpaired) electrons. The molecule has 1 amide bonds. The predicted molar refractivity (Wildman–Crippen MR) is 97.9 cm³/mol. The van der Waals surface area contributed by atoms with Crippen LogP contribution in [0.25, 0.3) is 0 Å². The number of anilines is 1. The van der Waals surface area contributed by atoms with Crippen molar-refractivity contribution in [2.24, 2.45) is 0 Å². The highest BCUT2D eigenvalue weighted by molar-refractivity contribution is 7.09. The number of hydrogen-bond donors (Lipinski definition) is 0. The van der Waals surface area contributed by atoms with E-state index in [4.69, 9.17) is 4.98 Å². The lowest BCUT2D eigenvalue weighted by atomic mass is 9.98. The third-order valence-corrected chi connectivity index (χ3v) is 5.50. The van der Waals surface area contributed by atoms with E-state index in [1.165, 1.54) is 5.01 Å². The maximum Gasteiger partial charge on any atom is 0.254 e. The highest BCUT2D eigenvalue weighted by atomic mass is 32.1. The zero-order chi connectivity index (χ0) is 17.1. The van der Waals surface area contributed by atoms with Crippen molar-refractivity contribution >= 4 is 23.1 Å². The lowest BCUT2D eigenvalue weighted by molar-refractivity contribution is 0.0707. The number of piperidine rings is 1. The van der Waals surface area contributed by atoms with E-state index in [-0.39, 0.29) is 5.91 Å². The molecule has 0 aromatic carbocycles. The number of carbonyl (C=O) groups is 1. The molecule has 1 fully saturated rings. The van der Waals surface area contributed by atoms with Crippen LogP contribution in [0.1, 0.15) is 46.7 Å². The van der Waals surface area contributed by atoms with Crippen LogP contribution in [-0.2, 0) is 6.42 Å². The van der Waals surface area contributed by atoms with E-state index in [1.807, 2.05) is 30.0 Å². The predicted octanol–water partition coefficient (Wildman–Crippen LogP) is 3.19. The fourth-order valence-electron chi connectivity index (χ4n) is 3.01. The summed E-state index contributed by atoms with van der Waals surface area (Å²) in [6, 6.07) is 3.67. The molecule has 2 aromatic rings. The Labute approximate surface area is 147 Å². The van der Waals surface area contributed by atoms with Gasteiger partial charge in [0.25, 0.3) is 5.91 Å². The van der Waals surface area contributed by atoms with E-state index in [1.54, 1.807) is 23.6 Å². The van der Waals surface area contributed by atoms with E-state index in [0.717, 1.165) is 43.9 Å². The van der Waals surface area contributed by atoms with Crippen molar-refractivity contribution in [3.05, 3.63) is 40.0 Å². The number of aryl methyl sites for hydroxylation is 1. The SMILES string of the molecule is CCc1csc([C@@H]2CCCN(C(=O)c3ccnc(N(C)C)c3)C2)n1. The van der Waals surface area contributed by atoms with Crippen LogP contribution in [0.3, 0.4) is 0 Å². The number of carbonyl (C=O) groups excluding carboxylic acids is 1. The second-order valence-electron chi connectivity index (χ2n) is 6.42. The number of thiazole rings is 1. The number of likely N-dealkylation sites (tertiary alicyclic amines) is 1. The summed E-state index contributed by atoms with van der Waals surface area (Å²) in [6.07, 6.45) is 4.82. The van der Waals surface area contributed by atoms with Gasteiger partial charge in [-0.15, -0.1) is 11.3 Å². The Kier molecular flexibility index (Phi) is 5.14. The van der Waals surface area contributed by atoms with Crippen molar-refractivity contribution in [1.82, 2.24) is 14.9 Å². The molecule has 1 atom stereocenters. The Morgan fingerprint density at radius 3 is 3.00 bits per heavy atom. The average molecular weight is 344 g/mol. The Morgan fingerprint density at radius 2 is 2.29 bits per heavy atom. The van der Waals surface area contributed by atoms with Gasteiger partial charge >= 0.3 is 0 Å². The van der Waals surface area contributed by atoms with Crippen molar-refractivity contribution in [3.63, 3.8) is 0 Å². The smallest absolute Gasteiger partial charge is 0.254 e. The molecule has 24 heavy (non-hydrogen) atoms. The highest BCUT2D eigenvalue weighted by Gasteiger charge is 2.27. The van der Waals surface area contributed by atoms with Crippen molar-refractivity contribution in [1.29, 1.82) is 0 Å². The van der Waals surface area contributed by atoms with Gasteiger partial charge in [0.1, 0.15) is 5.82 Å². The van der Waals surface area contributed by atoms with Gasteiger partial charge in [-0.05, 0) is 31.4 Å². The molecule has 128 valence electrons. The van der Waals surface area contributed by atoms with Crippen molar-refractivity contribution in [2.45, 2.75) is 32.1 Å². The number of nitrogens with zero attached hydrogens (tertiary/aromatic N) is 4. The first-order valence-corrected chi connectivity index (χ1v) is 9.33. The quantitative estimate of drug-likeness (QED) is 0.855. The summed E-state index contributed by atoms with van der Waals surface area (Å²) in [5.74, 6) is 1.27. The number of pyridine rings is 1. The molecule has 0 bridgehead atoms. The van der Waals surface area contributed by atoms with Gasteiger partial charge in [0.2, 0.25) is 0 Å². The van der Waals surface area contributed by atoms with E-state index >= 15 is 0 Å². The van der Waals surface area contributed by atoms with Crippen LogP contribution >= 0.6 is 11.3 Å². The summed E-state index contributed by atoms with van der Waals surface area (Å²) in [6.45, 7) is 3.71. The number of rotatable bonds is 4. The van der Waals surface area contributed by atoms with Gasteiger partial charge < -0.3 is 9.80 Å². The summed E-state index contributed by atoms with van der Waals surface area (Å²) in [4.78, 5) is 25.8. The minimum absolute atomic E-state index is 0.0949. The van der Waals surface area contributed by atoms with Gasteiger partial charge in [-0.1, -0.05) is 6.92 Å². The molecule has 0 saturated carbocycles. The molecule has 1 aliphatic rings. The van der Waals surface area contributed by atoms with E-state index in [2.05, 4.69) is 17.3 Å². The summed E-state index contributed by atoms with van der Waals surface area (Å²) in [5, 5.41) is 3.32. The van der Waals surface area contributed by atoms with E-state index in [0.29, 0.717) is 11.5 Å². The molecular weight excluding hydrogens is 320 g/mol. The Bertz CT molecular complexity index is 713. The van der Waals surface area contributed by atoms with Crippen LogP contribution < -0.4 is 4.90 Å². The maximum absolute atomic E-state index is 12.9. The second kappa shape index (κ2) is 7.30. The molecule has 3 heterocycles. The molecular formula is C18H24N4OS. The first-order valence-electron chi connectivity index (χ1n) is 8.45. The van der Waals surface area contributed by atoms with Gasteiger partial charge in [-0.25, -0.2) is 9.97 Å². The minimum atomic E-state index is 0.0949. The van der Waals surface area contributed by atoms with Crippen molar-refractivity contribution in [3.8, 4) is 0 Å². The summed E-state index contributed by atoms with van der Waals surface area (Å²) >= 11 is 1.73. The lowest BCUT2D eigenvalue weighted by Gasteiger charge is -2.32. The first kappa shape index (κ1) is 16.9. The molecule has 0 aliphatic carbocycles. The van der Waals surface area contributed by atoms with Gasteiger partial charge in [0, 0.05) is 50.2 Å². The van der Waals surface area contributed by atoms with Crippen LogP contribution in [0, 0.1) is 0 Å². The van der Waals surface area contributed by atoms with Gasteiger partial charge in [0.05, 0.1) is 10.7 Å². The Hall–Kier alpha value is -1.95. The second-order valence-corrected chi connectivity index (χ2v) is 7.31. The average Bonchev–Trinajstić information content (AvgIpc) is 3.10. The van der Waals surface area contributed by atoms with Crippen molar-refractivity contribution < 1.29 is 4.79 Å². The van der Waals surface area contributed by atoms with Gasteiger partial charge in [0.15, 0.2) is 0 Å². The number of amides is 1. The van der Waals surface area contributed by atoms with E-state index < -0.39 is 0 Å². The molecule has 2 aromatic heterocycles. The molecule has 1 aliphatic heterocycles. The van der Waals surface area contributed by atoms with Crippen LogP contribution in [0.5, 0.6) is 0 Å². The maximum atomic E-state index is 12.9. The van der Waals surface area contributed by atoms with Crippen LogP contribution in [0.15, 0.2) is 23.7 Å². The van der Waals surface area contributed by atoms with Crippen LogP contribution in [0.4, 0.5) is 5.82 Å². The molecule has 0 unspecified atom stereocenters. The zero-order valence-electron chi connectivity index (χ0n) is 14.5. The zero-order valence-corrected chi connectivity index (χ0v) is 15.3. The lowest BCUT2D eigenvalue weighted by Crippen LogP contribution is -2.39. The standard InChI is InChI=1S/C18H24N4OS/c1-4-15-12-24-17(20-15)14-6-5-9-22(11-14)18(23)13-7-8-19-16(10-13)21(2)3/h7-8,10,12,14H,4-6,9,11H2,1-3H3/t14-/m1/s1. The molecule has 0 spiro atoms. The largest absolute Gasteiger partial charge is 0.363 e. The Morgan fingerprint density at radius 1 is 1.46 bits per heavy atom. The topological polar surface area (TPSA) is 49.3 Å². The van der Waals surface area contributed by atoms with Gasteiger partial charge in [-0.3, -0.25) is 4.79 Å². The fourth-order valence-corrected chi connectivity index (χ4v) is 4.05. The summed E-state index contributed by atoms with van der Waals surface area (Å²) in [7, 11) is 3.86. The first-order chi connectivity index (χ1) is 11.6. The highest BCUT2D eigenvalue weighted by Crippen LogP contribution is 2.30. The summed E-state index contributed by atoms with van der Waals surface area (Å²) in [5.41, 5.74) is 1.87. The normalized spacial score (nSPS) is 17.8. The molecule has 6 heteroatoms. The van der Waals surface area contributed by atoms with Crippen LogP contribution in [0.2, 0.25) is 0 Å². The third-order valence-electron chi connectivity index (χ3n) is 4.44. The third kappa shape index (κ3) is 3.59. The summed E-state index contributed by atoms with van der Waals surface area (Å²) < 4.78 is 0. The Balaban J connectivity index is 1.74.